The summed E-state index contributed by atoms with van der Waals surface area (Å²) in [6, 6.07) is -1.22. The molecule has 1 heterocycles. The van der Waals surface area contributed by atoms with Gasteiger partial charge in [0, 0.05) is 0 Å². The maximum atomic E-state index is 11.1. The fraction of sp³-hybridized carbons (Fsp3) is 0.889. The molecular weight excluding hydrogens is 234 g/mol. The Bertz CT molecular complexity index is 262. The van der Waals surface area contributed by atoms with Crippen LogP contribution in [0, 0.1) is 0 Å². The van der Waals surface area contributed by atoms with Gasteiger partial charge in [-0.15, -0.1) is 0 Å². The third-order valence-corrected chi connectivity index (χ3v) is 2.46. The molecule has 5 atom stereocenters. The van der Waals surface area contributed by atoms with Crippen LogP contribution in [0.2, 0.25) is 0 Å². The van der Waals surface area contributed by atoms with Crippen molar-refractivity contribution in [3.05, 3.63) is 0 Å². The highest BCUT2D eigenvalue weighted by atomic mass is 16.6. The van der Waals surface area contributed by atoms with Gasteiger partial charge in [-0.3, -0.25) is 0 Å². The lowest BCUT2D eigenvalue weighted by molar-refractivity contribution is -0.253. The predicted molar refractivity (Wildman–Crippen MR) is 53.9 cm³/mol. The molecule has 0 aromatic rings. The summed E-state index contributed by atoms with van der Waals surface area (Å²) in [5, 5.41) is 39.7. The number of rotatable bonds is 3. The first-order valence-corrected chi connectivity index (χ1v) is 5.25. The molecule has 1 saturated heterocycles. The lowest BCUT2D eigenvalue weighted by Gasteiger charge is -2.39. The van der Waals surface area contributed by atoms with E-state index in [4.69, 9.17) is 9.84 Å². The Morgan fingerprint density at radius 3 is 2.53 bits per heavy atom. The van der Waals surface area contributed by atoms with Gasteiger partial charge in [-0.2, -0.15) is 0 Å². The minimum Gasteiger partial charge on any atom is -0.450 e. The van der Waals surface area contributed by atoms with Crippen LogP contribution in [0.25, 0.3) is 0 Å². The summed E-state index contributed by atoms with van der Waals surface area (Å²) in [5.74, 6) is 0. The standard InChI is InChI=1S/C9H17NO7/c1-2-16-9(15)10-5-7(13)6(12)4(3-11)17-8(5)14/h4-8,11-14H,2-3H2,1H3,(H,10,15)/t4?,5?,6-,7?,8-/m1/s1. The molecule has 1 aliphatic rings. The Labute approximate surface area is 97.8 Å². The molecule has 5 N–H and O–H groups in total. The highest BCUT2D eigenvalue weighted by Crippen LogP contribution is 2.19. The Balaban J connectivity index is 2.63. The van der Waals surface area contributed by atoms with Crippen molar-refractivity contribution >= 4 is 6.09 Å². The van der Waals surface area contributed by atoms with E-state index >= 15 is 0 Å². The molecule has 100 valence electrons. The van der Waals surface area contributed by atoms with Crippen LogP contribution in [-0.4, -0.2) is 70.4 Å². The Morgan fingerprint density at radius 2 is 2.00 bits per heavy atom. The number of ether oxygens (including phenoxy) is 2. The molecule has 1 aliphatic heterocycles. The van der Waals surface area contributed by atoms with Gasteiger partial charge in [0.2, 0.25) is 0 Å². The van der Waals surface area contributed by atoms with E-state index in [0.29, 0.717) is 0 Å². The first kappa shape index (κ1) is 14.1. The number of hydrogen-bond donors (Lipinski definition) is 5. The molecule has 0 bridgehead atoms. The Hall–Kier alpha value is -0.930. The van der Waals surface area contributed by atoms with E-state index < -0.39 is 43.3 Å². The number of amides is 1. The molecule has 0 aromatic heterocycles. The monoisotopic (exact) mass is 251 g/mol. The first-order chi connectivity index (χ1) is 8.01. The fourth-order valence-electron chi connectivity index (χ4n) is 1.56. The second-order valence-corrected chi connectivity index (χ2v) is 3.62. The summed E-state index contributed by atoms with van der Waals surface area (Å²) >= 11 is 0. The van der Waals surface area contributed by atoms with Crippen molar-refractivity contribution in [1.82, 2.24) is 5.32 Å². The number of aliphatic hydroxyl groups is 4. The molecule has 0 saturated carbocycles. The number of nitrogens with one attached hydrogen (secondary N) is 1. The number of alkyl carbamates (subject to hydrolysis) is 1. The second kappa shape index (κ2) is 6.12. The van der Waals surface area contributed by atoms with Gasteiger partial charge in [-0.1, -0.05) is 0 Å². The van der Waals surface area contributed by atoms with Crippen LogP contribution >= 0.6 is 0 Å². The molecule has 1 amide bonds. The van der Waals surface area contributed by atoms with E-state index in [1.54, 1.807) is 6.92 Å². The molecule has 8 nitrogen and oxygen atoms in total. The minimum absolute atomic E-state index is 0.132. The van der Waals surface area contributed by atoms with E-state index in [2.05, 4.69) is 10.1 Å². The lowest BCUT2D eigenvalue weighted by atomic mass is 9.97. The fourth-order valence-corrected chi connectivity index (χ4v) is 1.56. The minimum atomic E-state index is -1.53. The highest BCUT2D eigenvalue weighted by Gasteiger charge is 2.44. The first-order valence-electron chi connectivity index (χ1n) is 5.25. The van der Waals surface area contributed by atoms with E-state index in [0.717, 1.165) is 0 Å². The van der Waals surface area contributed by atoms with E-state index in [-0.39, 0.29) is 6.61 Å². The molecule has 8 heteroatoms. The van der Waals surface area contributed by atoms with Crippen LogP contribution < -0.4 is 5.32 Å². The summed E-state index contributed by atoms with van der Waals surface area (Å²) < 4.78 is 9.41. The Kier molecular flexibility index (Phi) is 5.09. The van der Waals surface area contributed by atoms with Crippen LogP contribution in [0.3, 0.4) is 0 Å². The average Bonchev–Trinajstić information content (AvgIpc) is 2.29. The molecule has 0 aliphatic carbocycles. The zero-order valence-electron chi connectivity index (χ0n) is 9.31. The van der Waals surface area contributed by atoms with Gasteiger partial charge in [0.1, 0.15) is 24.4 Å². The summed E-state index contributed by atoms with van der Waals surface area (Å²) in [7, 11) is 0. The molecule has 0 spiro atoms. The van der Waals surface area contributed by atoms with Gasteiger partial charge >= 0.3 is 6.09 Å². The molecule has 17 heavy (non-hydrogen) atoms. The van der Waals surface area contributed by atoms with Crippen LogP contribution in [0.5, 0.6) is 0 Å². The smallest absolute Gasteiger partial charge is 0.407 e. The molecule has 1 rings (SSSR count). The summed E-state index contributed by atoms with van der Waals surface area (Å²) in [6.45, 7) is 1.18. The zero-order valence-corrected chi connectivity index (χ0v) is 9.31. The molecule has 0 aromatic carbocycles. The summed E-state index contributed by atoms with van der Waals surface area (Å²) in [4.78, 5) is 11.1. The van der Waals surface area contributed by atoms with Gasteiger partial charge in [-0.25, -0.2) is 4.79 Å². The van der Waals surface area contributed by atoms with Crippen LogP contribution in [-0.2, 0) is 9.47 Å². The van der Waals surface area contributed by atoms with Crippen LogP contribution in [0.4, 0.5) is 4.79 Å². The van der Waals surface area contributed by atoms with Gasteiger partial charge < -0.3 is 35.2 Å². The zero-order chi connectivity index (χ0) is 13.0. The average molecular weight is 251 g/mol. The highest BCUT2D eigenvalue weighted by molar-refractivity contribution is 5.67. The second-order valence-electron chi connectivity index (χ2n) is 3.62. The largest absolute Gasteiger partial charge is 0.450 e. The van der Waals surface area contributed by atoms with E-state index in [1.165, 1.54) is 0 Å². The van der Waals surface area contributed by atoms with Crippen molar-refractivity contribution in [2.24, 2.45) is 0 Å². The molecule has 1 fully saturated rings. The van der Waals surface area contributed by atoms with E-state index in [9.17, 15) is 20.1 Å². The van der Waals surface area contributed by atoms with Crippen molar-refractivity contribution in [2.75, 3.05) is 13.2 Å². The van der Waals surface area contributed by atoms with Gasteiger partial charge in [-0.05, 0) is 6.92 Å². The van der Waals surface area contributed by atoms with Crippen molar-refractivity contribution in [3.8, 4) is 0 Å². The third-order valence-electron chi connectivity index (χ3n) is 2.46. The molecule has 3 unspecified atom stereocenters. The topological polar surface area (TPSA) is 128 Å². The normalized spacial score (nSPS) is 37.6. The number of carbonyl (C=O) groups excluding carboxylic acids is 1. The summed E-state index contributed by atoms with van der Waals surface area (Å²) in [6.07, 6.45) is -6.33. The van der Waals surface area contributed by atoms with Crippen molar-refractivity contribution in [2.45, 2.75) is 37.6 Å². The van der Waals surface area contributed by atoms with Gasteiger partial charge in [0.05, 0.1) is 13.2 Å². The van der Waals surface area contributed by atoms with Gasteiger partial charge in [0.15, 0.2) is 6.29 Å². The SMILES string of the molecule is CCOC(=O)NC1C(O)[C@H](O)C(CO)O[C@H]1O. The Morgan fingerprint density at radius 1 is 1.35 bits per heavy atom. The molecular formula is C9H17NO7. The number of hydrogen-bond acceptors (Lipinski definition) is 7. The quantitative estimate of drug-likeness (QED) is 0.376. The molecule has 0 radical (unpaired) electrons. The van der Waals surface area contributed by atoms with E-state index in [1.807, 2.05) is 0 Å². The van der Waals surface area contributed by atoms with Crippen LogP contribution in [0.1, 0.15) is 6.92 Å². The van der Waals surface area contributed by atoms with Gasteiger partial charge in [0.25, 0.3) is 0 Å². The van der Waals surface area contributed by atoms with Crippen LogP contribution in [0.15, 0.2) is 0 Å². The van der Waals surface area contributed by atoms with Crippen molar-refractivity contribution in [1.29, 1.82) is 0 Å². The number of carbonyl (C=O) groups is 1. The summed E-state index contributed by atoms with van der Waals surface area (Å²) in [5.41, 5.74) is 0. The maximum Gasteiger partial charge on any atom is 0.407 e. The lowest BCUT2D eigenvalue weighted by Crippen LogP contribution is -2.64. The van der Waals surface area contributed by atoms with Crippen molar-refractivity contribution < 1.29 is 34.7 Å². The predicted octanol–water partition coefficient (Wildman–Crippen LogP) is -2.47. The van der Waals surface area contributed by atoms with Crippen molar-refractivity contribution in [3.63, 3.8) is 0 Å². The number of aliphatic hydroxyl groups excluding tert-OH is 4. The third kappa shape index (κ3) is 3.27. The maximum absolute atomic E-state index is 11.1.